The Kier molecular flexibility index (Phi) is 11.2. The first-order valence-electron chi connectivity index (χ1n) is 11.3. The van der Waals surface area contributed by atoms with Gasteiger partial charge in [-0.3, -0.25) is 0 Å². The highest BCUT2D eigenvalue weighted by atomic mass is 16.5. The lowest BCUT2D eigenvalue weighted by Crippen LogP contribution is -2.26. The monoisotopic (exact) mass is 440 g/mol. The molecule has 0 heterocycles. The van der Waals surface area contributed by atoms with Gasteiger partial charge in [-0.15, -0.1) is 0 Å². The van der Waals surface area contributed by atoms with Crippen molar-refractivity contribution in [3.8, 4) is 0 Å². The van der Waals surface area contributed by atoms with Crippen molar-refractivity contribution in [1.29, 1.82) is 0 Å². The molecule has 0 N–H and O–H groups in total. The third kappa shape index (κ3) is 9.25. The van der Waals surface area contributed by atoms with Gasteiger partial charge in [0.1, 0.15) is 12.7 Å². The van der Waals surface area contributed by atoms with Crippen molar-refractivity contribution in [2.45, 2.75) is 72.8 Å². The summed E-state index contributed by atoms with van der Waals surface area (Å²) in [6.07, 6.45) is 9.39. The maximum atomic E-state index is 11.5. The van der Waals surface area contributed by atoms with Crippen LogP contribution in [0.15, 0.2) is 71.9 Å². The molecule has 32 heavy (non-hydrogen) atoms. The third-order valence-corrected chi connectivity index (χ3v) is 5.98. The molecule has 0 bridgehead atoms. The van der Waals surface area contributed by atoms with Gasteiger partial charge in [-0.1, -0.05) is 49.6 Å². The fraction of sp³-hybridized carbons (Fsp3) is 0.500. The third-order valence-electron chi connectivity index (χ3n) is 5.98. The first kappa shape index (κ1) is 27.4. The number of esters is 2. The molecule has 0 unspecified atom stereocenters. The molecule has 2 rings (SSSR count). The lowest BCUT2D eigenvalue weighted by Gasteiger charge is -2.28. The zero-order valence-electron chi connectivity index (χ0n) is 20.6. The van der Waals surface area contributed by atoms with E-state index in [9.17, 15) is 9.59 Å². The second kappa shape index (κ2) is 13.0. The lowest BCUT2D eigenvalue weighted by atomic mass is 9.84. The number of carbonyl (C=O) groups excluding carboxylic acids is 2. The van der Waals surface area contributed by atoms with Crippen LogP contribution >= 0.6 is 0 Å². The van der Waals surface area contributed by atoms with Gasteiger partial charge in [0.2, 0.25) is 0 Å². The van der Waals surface area contributed by atoms with Gasteiger partial charge in [0.25, 0.3) is 0 Å². The van der Waals surface area contributed by atoms with Gasteiger partial charge in [0.15, 0.2) is 0 Å². The van der Waals surface area contributed by atoms with Crippen molar-refractivity contribution in [3.05, 3.63) is 71.9 Å². The van der Waals surface area contributed by atoms with Crippen LogP contribution in [0.3, 0.4) is 0 Å². The first-order chi connectivity index (χ1) is 14.9. The normalized spacial score (nSPS) is 22.2. The molecular weight excluding hydrogens is 400 g/mol. The van der Waals surface area contributed by atoms with E-state index in [1.165, 1.54) is 5.57 Å². The van der Waals surface area contributed by atoms with Crippen LogP contribution < -0.4 is 0 Å². The van der Waals surface area contributed by atoms with Crippen molar-refractivity contribution in [1.82, 2.24) is 0 Å². The molecule has 0 aromatic heterocycles. The van der Waals surface area contributed by atoms with E-state index in [0.29, 0.717) is 29.6 Å². The van der Waals surface area contributed by atoms with Crippen molar-refractivity contribution in [3.63, 3.8) is 0 Å². The minimum absolute atomic E-state index is 0.111. The van der Waals surface area contributed by atoms with Gasteiger partial charge >= 0.3 is 11.9 Å². The van der Waals surface area contributed by atoms with Gasteiger partial charge in [0.05, 0.1) is 0 Å². The smallest absolute Gasteiger partial charge is 0.333 e. The predicted molar refractivity (Wildman–Crippen MR) is 132 cm³/mol. The summed E-state index contributed by atoms with van der Waals surface area (Å²) in [4.78, 5) is 22.7. The van der Waals surface area contributed by atoms with Gasteiger partial charge in [-0.2, -0.15) is 0 Å². The van der Waals surface area contributed by atoms with Crippen LogP contribution in [0, 0.1) is 11.8 Å². The summed E-state index contributed by atoms with van der Waals surface area (Å²) in [5.74, 6) is 0.247. The Hall–Kier alpha value is -2.62. The van der Waals surface area contributed by atoms with Crippen LogP contribution in [0.2, 0.25) is 0 Å². The molecule has 0 aliphatic heterocycles. The average molecular weight is 441 g/mol. The number of allylic oxidation sites excluding steroid dienone is 4. The van der Waals surface area contributed by atoms with E-state index in [1.807, 2.05) is 13.8 Å². The topological polar surface area (TPSA) is 52.6 Å². The molecule has 0 fully saturated rings. The zero-order chi connectivity index (χ0) is 24.4. The highest BCUT2D eigenvalue weighted by molar-refractivity contribution is 5.87. The molecule has 0 amide bonds. The molecule has 0 radical (unpaired) electrons. The van der Waals surface area contributed by atoms with Gasteiger partial charge < -0.3 is 9.47 Å². The van der Waals surface area contributed by atoms with E-state index >= 15 is 0 Å². The Balaban J connectivity index is 0.000000320. The summed E-state index contributed by atoms with van der Waals surface area (Å²) in [5.41, 5.74) is 5.63. The summed E-state index contributed by atoms with van der Waals surface area (Å²) in [6, 6.07) is 0. The Bertz CT molecular complexity index is 824. The minimum atomic E-state index is -0.330. The first-order valence-corrected chi connectivity index (χ1v) is 11.3. The summed E-state index contributed by atoms with van der Waals surface area (Å²) in [6.45, 7) is 24.9. The van der Waals surface area contributed by atoms with Crippen molar-refractivity contribution in [2.75, 3.05) is 6.61 Å². The van der Waals surface area contributed by atoms with Crippen LogP contribution in [0.25, 0.3) is 0 Å². The number of hydrogen-bond acceptors (Lipinski definition) is 4. The molecule has 2 aliphatic rings. The van der Waals surface area contributed by atoms with E-state index in [0.717, 1.165) is 48.8 Å². The quantitative estimate of drug-likeness (QED) is 0.248. The van der Waals surface area contributed by atoms with Crippen molar-refractivity contribution < 1.29 is 19.1 Å². The molecule has 0 aromatic rings. The molecule has 0 saturated carbocycles. The summed E-state index contributed by atoms with van der Waals surface area (Å²) >= 11 is 0. The van der Waals surface area contributed by atoms with Crippen molar-refractivity contribution >= 4 is 11.9 Å². The van der Waals surface area contributed by atoms with E-state index in [4.69, 9.17) is 9.47 Å². The highest BCUT2D eigenvalue weighted by Crippen LogP contribution is 2.30. The SMILES string of the molecule is C=C(C)C(=O)OCC(=C)[C@H]1CC=C(C)CC1.C=C(C)C(=O)O[C@H]1C[C@H](C(=C)C)CC=C1C. The molecule has 4 heteroatoms. The Morgan fingerprint density at radius 1 is 0.938 bits per heavy atom. The zero-order valence-corrected chi connectivity index (χ0v) is 20.6. The second-order valence-corrected chi connectivity index (χ2v) is 9.17. The van der Waals surface area contributed by atoms with E-state index in [-0.39, 0.29) is 18.0 Å². The molecular formula is C28H40O4. The fourth-order valence-corrected chi connectivity index (χ4v) is 3.51. The van der Waals surface area contributed by atoms with Crippen LogP contribution in [0.4, 0.5) is 0 Å². The van der Waals surface area contributed by atoms with Crippen LogP contribution in [-0.4, -0.2) is 24.6 Å². The summed E-state index contributed by atoms with van der Waals surface area (Å²) in [5, 5.41) is 0. The van der Waals surface area contributed by atoms with E-state index in [1.54, 1.807) is 13.8 Å². The maximum absolute atomic E-state index is 11.5. The highest BCUT2D eigenvalue weighted by Gasteiger charge is 2.25. The number of carbonyl (C=O) groups is 2. The molecule has 4 nitrogen and oxygen atoms in total. The van der Waals surface area contributed by atoms with Gasteiger partial charge in [0, 0.05) is 11.1 Å². The van der Waals surface area contributed by atoms with E-state index < -0.39 is 0 Å². The molecule has 3 atom stereocenters. The number of hydrogen-bond donors (Lipinski definition) is 0. The lowest BCUT2D eigenvalue weighted by molar-refractivity contribution is -0.143. The Morgan fingerprint density at radius 3 is 2.03 bits per heavy atom. The van der Waals surface area contributed by atoms with Crippen LogP contribution in [-0.2, 0) is 19.1 Å². The second-order valence-electron chi connectivity index (χ2n) is 9.17. The van der Waals surface area contributed by atoms with E-state index in [2.05, 4.69) is 45.4 Å². The molecule has 0 aromatic carbocycles. The number of rotatable bonds is 7. The minimum Gasteiger partial charge on any atom is -0.458 e. The van der Waals surface area contributed by atoms with Crippen molar-refractivity contribution in [2.24, 2.45) is 11.8 Å². The summed E-state index contributed by atoms with van der Waals surface area (Å²) < 4.78 is 10.5. The Labute approximate surface area is 194 Å². The molecule has 0 spiro atoms. The standard InChI is InChI=1S/2C14H20O2/c1-9(2)12-7-6-11(5)13(8-12)16-14(15)10(3)4;1-10(2)14(15)16-9-12(4)13-7-5-11(3)6-8-13/h6,12-13H,1,3,7-8H2,2,4-5H3;5,13H,1,4,6-9H2,2-3H3/t12-,13+;13-/m10/s1. The Morgan fingerprint density at radius 2 is 1.53 bits per heavy atom. The summed E-state index contributed by atoms with van der Waals surface area (Å²) in [7, 11) is 0. The maximum Gasteiger partial charge on any atom is 0.333 e. The van der Waals surface area contributed by atoms with Crippen LogP contribution in [0.1, 0.15) is 66.7 Å². The number of ether oxygens (including phenoxy) is 2. The largest absolute Gasteiger partial charge is 0.458 e. The average Bonchev–Trinajstić information content (AvgIpc) is 2.73. The van der Waals surface area contributed by atoms with Gasteiger partial charge in [-0.05, 0) is 89.7 Å². The predicted octanol–water partition coefficient (Wildman–Crippen LogP) is 6.82. The van der Waals surface area contributed by atoms with Crippen LogP contribution in [0.5, 0.6) is 0 Å². The molecule has 176 valence electrons. The molecule has 0 saturated heterocycles. The van der Waals surface area contributed by atoms with Gasteiger partial charge in [-0.25, -0.2) is 9.59 Å². The fourth-order valence-electron chi connectivity index (χ4n) is 3.51. The molecule has 2 aliphatic carbocycles.